The number of nitrogens with zero attached hydrogens (tertiary/aromatic N) is 2. The Kier molecular flexibility index (Phi) is 5.41. The quantitative estimate of drug-likeness (QED) is 0.459. The van der Waals surface area contributed by atoms with Gasteiger partial charge < -0.3 is 10.3 Å². The summed E-state index contributed by atoms with van der Waals surface area (Å²) in [6.07, 6.45) is 3.09. The molecule has 0 aliphatic heterocycles. The van der Waals surface area contributed by atoms with E-state index in [-0.39, 0.29) is 5.91 Å². The molecule has 148 valence electrons. The Balaban J connectivity index is 1.43. The van der Waals surface area contributed by atoms with Crippen molar-refractivity contribution >= 4 is 34.1 Å². The highest BCUT2D eigenvalue weighted by molar-refractivity contribution is 6.30. The SMILES string of the molecule is Cc1nn(Cc2cccc(Cl)c2)c(C)c1NC(=O)CCc1c[nH]c2ccccc12. The number of nitrogens with one attached hydrogen (secondary N) is 2. The van der Waals surface area contributed by atoms with Crippen LogP contribution in [0.3, 0.4) is 0 Å². The van der Waals surface area contributed by atoms with Crippen molar-refractivity contribution in [3.8, 4) is 0 Å². The molecule has 0 unspecified atom stereocenters. The molecular weight excluding hydrogens is 384 g/mol. The number of rotatable bonds is 6. The van der Waals surface area contributed by atoms with Crippen molar-refractivity contribution < 1.29 is 4.79 Å². The van der Waals surface area contributed by atoms with Crippen LogP contribution in [-0.4, -0.2) is 20.7 Å². The highest BCUT2D eigenvalue weighted by Gasteiger charge is 2.15. The van der Waals surface area contributed by atoms with E-state index in [2.05, 4.69) is 21.5 Å². The first-order chi connectivity index (χ1) is 14.0. The lowest BCUT2D eigenvalue weighted by atomic mass is 10.1. The minimum absolute atomic E-state index is 0.0104. The first kappa shape index (κ1) is 19.3. The minimum Gasteiger partial charge on any atom is -0.361 e. The van der Waals surface area contributed by atoms with Gasteiger partial charge in [0.05, 0.1) is 23.6 Å². The van der Waals surface area contributed by atoms with Gasteiger partial charge in [0.2, 0.25) is 5.91 Å². The summed E-state index contributed by atoms with van der Waals surface area (Å²) in [7, 11) is 0. The molecule has 0 aliphatic rings. The summed E-state index contributed by atoms with van der Waals surface area (Å²) in [6, 6.07) is 15.9. The lowest BCUT2D eigenvalue weighted by Crippen LogP contribution is -2.13. The number of fused-ring (bicyclic) bond motifs is 1. The fourth-order valence-electron chi connectivity index (χ4n) is 3.63. The molecular formula is C23H23ClN4O. The molecule has 0 bridgehead atoms. The van der Waals surface area contributed by atoms with Crippen LogP contribution in [0.2, 0.25) is 5.02 Å². The van der Waals surface area contributed by atoms with Crippen LogP contribution in [0.1, 0.15) is 28.9 Å². The molecule has 2 heterocycles. The van der Waals surface area contributed by atoms with Crippen LogP contribution < -0.4 is 5.32 Å². The second kappa shape index (κ2) is 8.13. The molecule has 1 amide bonds. The molecule has 29 heavy (non-hydrogen) atoms. The van der Waals surface area contributed by atoms with Gasteiger partial charge in [-0.15, -0.1) is 0 Å². The number of anilines is 1. The summed E-state index contributed by atoms with van der Waals surface area (Å²) < 4.78 is 1.90. The number of benzene rings is 2. The van der Waals surface area contributed by atoms with Gasteiger partial charge in [0.15, 0.2) is 0 Å². The van der Waals surface area contributed by atoms with Crippen molar-refractivity contribution in [1.82, 2.24) is 14.8 Å². The van der Waals surface area contributed by atoms with Crippen LogP contribution in [0, 0.1) is 13.8 Å². The molecule has 0 spiro atoms. The van der Waals surface area contributed by atoms with Gasteiger partial charge in [0, 0.05) is 28.5 Å². The summed E-state index contributed by atoms with van der Waals surface area (Å²) in [5.41, 5.74) is 5.85. The summed E-state index contributed by atoms with van der Waals surface area (Å²) in [5, 5.41) is 9.51. The largest absolute Gasteiger partial charge is 0.361 e. The maximum absolute atomic E-state index is 12.6. The molecule has 2 aromatic heterocycles. The van der Waals surface area contributed by atoms with Crippen LogP contribution in [-0.2, 0) is 17.8 Å². The molecule has 0 saturated heterocycles. The summed E-state index contributed by atoms with van der Waals surface area (Å²) in [6.45, 7) is 4.50. The zero-order chi connectivity index (χ0) is 20.4. The predicted octanol–water partition coefficient (Wildman–Crippen LogP) is 5.25. The third kappa shape index (κ3) is 4.20. The first-order valence-electron chi connectivity index (χ1n) is 9.64. The van der Waals surface area contributed by atoms with E-state index in [0.717, 1.165) is 33.7 Å². The lowest BCUT2D eigenvalue weighted by Gasteiger charge is -2.08. The van der Waals surface area contributed by atoms with E-state index in [1.165, 1.54) is 5.39 Å². The molecule has 0 atom stereocenters. The van der Waals surface area contributed by atoms with E-state index in [9.17, 15) is 4.79 Å². The van der Waals surface area contributed by atoms with Gasteiger partial charge in [-0.3, -0.25) is 9.48 Å². The van der Waals surface area contributed by atoms with Crippen molar-refractivity contribution in [3.63, 3.8) is 0 Å². The molecule has 0 radical (unpaired) electrons. The van der Waals surface area contributed by atoms with Crippen molar-refractivity contribution in [3.05, 3.63) is 82.3 Å². The van der Waals surface area contributed by atoms with Gasteiger partial charge >= 0.3 is 0 Å². The molecule has 5 nitrogen and oxygen atoms in total. The average Bonchev–Trinajstić information content (AvgIpc) is 3.23. The van der Waals surface area contributed by atoms with Gasteiger partial charge in [0.1, 0.15) is 0 Å². The topological polar surface area (TPSA) is 62.7 Å². The van der Waals surface area contributed by atoms with Crippen LogP contribution in [0.5, 0.6) is 0 Å². The molecule has 2 N–H and O–H groups in total. The molecule has 0 aliphatic carbocycles. The Hall–Kier alpha value is -3.05. The zero-order valence-corrected chi connectivity index (χ0v) is 17.3. The smallest absolute Gasteiger partial charge is 0.224 e. The number of H-pyrrole nitrogens is 1. The highest BCUT2D eigenvalue weighted by atomic mass is 35.5. The van der Waals surface area contributed by atoms with Crippen molar-refractivity contribution in [2.45, 2.75) is 33.2 Å². The summed E-state index contributed by atoms with van der Waals surface area (Å²) in [4.78, 5) is 15.8. The zero-order valence-electron chi connectivity index (χ0n) is 16.5. The number of amides is 1. The van der Waals surface area contributed by atoms with Crippen molar-refractivity contribution in [2.75, 3.05) is 5.32 Å². The average molecular weight is 407 g/mol. The fraction of sp³-hybridized carbons (Fsp3) is 0.217. The maximum atomic E-state index is 12.6. The van der Waals surface area contributed by atoms with Gasteiger partial charge in [-0.1, -0.05) is 41.9 Å². The first-order valence-corrected chi connectivity index (χ1v) is 10.0. The fourth-order valence-corrected chi connectivity index (χ4v) is 3.84. The number of para-hydroxylation sites is 1. The molecule has 4 rings (SSSR count). The van der Waals surface area contributed by atoms with Crippen LogP contribution in [0.25, 0.3) is 10.9 Å². The molecule has 6 heteroatoms. The van der Waals surface area contributed by atoms with E-state index in [4.69, 9.17) is 11.6 Å². The lowest BCUT2D eigenvalue weighted by molar-refractivity contribution is -0.116. The van der Waals surface area contributed by atoms with Gasteiger partial charge in [0.25, 0.3) is 0 Å². The number of carbonyl (C=O) groups excluding carboxylic acids is 1. The van der Waals surface area contributed by atoms with Crippen molar-refractivity contribution in [2.24, 2.45) is 0 Å². The highest BCUT2D eigenvalue weighted by Crippen LogP contribution is 2.23. The normalized spacial score (nSPS) is 11.1. The Morgan fingerprint density at radius 1 is 1.17 bits per heavy atom. The summed E-state index contributed by atoms with van der Waals surface area (Å²) in [5.74, 6) is -0.0104. The molecule has 0 fully saturated rings. The maximum Gasteiger partial charge on any atom is 0.224 e. The number of aromatic amines is 1. The van der Waals surface area contributed by atoms with E-state index < -0.39 is 0 Å². The Morgan fingerprint density at radius 3 is 2.83 bits per heavy atom. The minimum atomic E-state index is -0.0104. The van der Waals surface area contributed by atoms with Crippen molar-refractivity contribution in [1.29, 1.82) is 0 Å². The molecule has 2 aromatic carbocycles. The number of aryl methyl sites for hydroxylation is 2. The van der Waals surface area contributed by atoms with Gasteiger partial charge in [-0.25, -0.2) is 0 Å². The Bertz CT molecular complexity index is 1170. The van der Waals surface area contributed by atoms with Crippen LogP contribution >= 0.6 is 11.6 Å². The number of hydrogen-bond acceptors (Lipinski definition) is 2. The monoisotopic (exact) mass is 406 g/mol. The van der Waals surface area contributed by atoms with Gasteiger partial charge in [-0.05, 0) is 49.6 Å². The Labute approximate surface area is 174 Å². The number of carbonyl (C=O) groups is 1. The van der Waals surface area contributed by atoms with E-state index in [1.54, 1.807) is 0 Å². The number of halogens is 1. The second-order valence-corrected chi connectivity index (χ2v) is 7.68. The Morgan fingerprint density at radius 2 is 2.00 bits per heavy atom. The molecule has 4 aromatic rings. The predicted molar refractivity (Wildman–Crippen MR) is 118 cm³/mol. The summed E-state index contributed by atoms with van der Waals surface area (Å²) >= 11 is 6.08. The standard InChI is InChI=1S/C23H23ClN4O/c1-15-23(16(2)28(27-15)14-17-6-5-7-19(24)12-17)26-22(29)11-10-18-13-25-21-9-4-3-8-20(18)21/h3-9,12-13,25H,10-11,14H2,1-2H3,(H,26,29). The van der Waals surface area contributed by atoms with Crippen LogP contribution in [0.15, 0.2) is 54.7 Å². The molecule has 0 saturated carbocycles. The van der Waals surface area contributed by atoms with E-state index >= 15 is 0 Å². The third-order valence-electron chi connectivity index (χ3n) is 5.16. The number of hydrogen-bond donors (Lipinski definition) is 2. The second-order valence-electron chi connectivity index (χ2n) is 7.24. The number of aromatic nitrogens is 3. The van der Waals surface area contributed by atoms with Gasteiger partial charge in [-0.2, -0.15) is 5.10 Å². The van der Waals surface area contributed by atoms with E-state index in [0.29, 0.717) is 24.4 Å². The van der Waals surface area contributed by atoms with Crippen LogP contribution in [0.4, 0.5) is 5.69 Å². The van der Waals surface area contributed by atoms with E-state index in [1.807, 2.05) is 67.2 Å². The third-order valence-corrected chi connectivity index (χ3v) is 5.40.